The van der Waals surface area contributed by atoms with E-state index >= 15 is 0 Å². The van der Waals surface area contributed by atoms with E-state index in [1.807, 2.05) is 6.07 Å². The highest BCUT2D eigenvalue weighted by Crippen LogP contribution is 2.35. The molecule has 0 radical (unpaired) electrons. The third kappa shape index (κ3) is 5.05. The molecule has 7 heteroatoms. The fourth-order valence-corrected chi connectivity index (χ4v) is 3.46. The molecule has 1 unspecified atom stereocenters. The molecule has 0 aliphatic carbocycles. The molecule has 158 valence electrons. The number of hydrogen-bond donors (Lipinski definition) is 2. The number of hydrogen-bond acceptors (Lipinski definition) is 5. The van der Waals surface area contributed by atoms with Crippen molar-refractivity contribution in [3.8, 4) is 18.4 Å². The zero-order chi connectivity index (χ0) is 22.8. The molecule has 1 atom stereocenters. The fourth-order valence-electron chi connectivity index (χ4n) is 3.19. The molecule has 2 N–H and O–H groups in total. The molecule has 0 aliphatic heterocycles. The van der Waals surface area contributed by atoms with Gasteiger partial charge >= 0.3 is 0 Å². The van der Waals surface area contributed by atoms with Crippen molar-refractivity contribution in [1.29, 1.82) is 5.26 Å². The Bertz CT molecular complexity index is 1220. The SMILES string of the molecule is C#CC(Nc1cc(Cl)c2ncc(C#N)c(NCC(C)(C)C)c2c1)c1ccc(F)nc1C. The molecule has 2 heterocycles. The Balaban J connectivity index is 2.07. The highest BCUT2D eigenvalue weighted by atomic mass is 35.5. The quantitative estimate of drug-likeness (QED) is 0.388. The molecule has 0 fully saturated rings. The molecule has 0 spiro atoms. The second-order valence-corrected chi connectivity index (χ2v) is 8.89. The Hall–Kier alpha value is -3.35. The standard InChI is InChI=1S/C24H23ClFN5/c1-6-20(17-7-8-21(26)30-14(17)2)31-16-9-18-22(29-13-24(3,4)5)15(11-27)12-28-23(18)19(25)10-16/h1,7-10,12,20,31H,13H2,2-5H3,(H,28,29). The lowest BCUT2D eigenvalue weighted by molar-refractivity contribution is 0.443. The van der Waals surface area contributed by atoms with Gasteiger partial charge in [-0.3, -0.25) is 4.98 Å². The van der Waals surface area contributed by atoms with Crippen LogP contribution in [0.3, 0.4) is 0 Å². The molecule has 0 amide bonds. The molecule has 3 aromatic rings. The third-order valence-corrected chi connectivity index (χ3v) is 5.01. The number of fused-ring (bicyclic) bond motifs is 1. The number of nitrogens with zero attached hydrogens (tertiary/aromatic N) is 3. The number of nitriles is 1. The minimum atomic E-state index is -0.560. The molecular formula is C24H23ClFN5. The van der Waals surface area contributed by atoms with E-state index in [4.69, 9.17) is 18.0 Å². The van der Waals surface area contributed by atoms with Gasteiger partial charge in [0.15, 0.2) is 0 Å². The Morgan fingerprint density at radius 1 is 1.29 bits per heavy atom. The number of pyridine rings is 2. The number of rotatable bonds is 5. The average molecular weight is 436 g/mol. The maximum atomic E-state index is 13.4. The molecule has 2 aromatic heterocycles. The number of aromatic nitrogens is 2. The second kappa shape index (κ2) is 8.79. The Morgan fingerprint density at radius 3 is 2.65 bits per heavy atom. The highest BCUT2D eigenvalue weighted by Gasteiger charge is 2.18. The van der Waals surface area contributed by atoms with Crippen LogP contribution in [0.25, 0.3) is 10.9 Å². The summed E-state index contributed by atoms with van der Waals surface area (Å²) >= 11 is 6.52. The Morgan fingerprint density at radius 2 is 2.03 bits per heavy atom. The van der Waals surface area contributed by atoms with Crippen molar-refractivity contribution < 1.29 is 4.39 Å². The largest absolute Gasteiger partial charge is 0.383 e. The third-order valence-electron chi connectivity index (χ3n) is 4.72. The van der Waals surface area contributed by atoms with Crippen LogP contribution in [-0.4, -0.2) is 16.5 Å². The van der Waals surface area contributed by atoms with E-state index in [9.17, 15) is 9.65 Å². The van der Waals surface area contributed by atoms with Gasteiger partial charge < -0.3 is 10.6 Å². The summed E-state index contributed by atoms with van der Waals surface area (Å²) in [6, 6.07) is 8.13. The number of terminal acetylenes is 1. The first-order chi connectivity index (χ1) is 14.6. The van der Waals surface area contributed by atoms with Gasteiger partial charge in [0.05, 0.1) is 21.8 Å². The lowest BCUT2D eigenvalue weighted by Gasteiger charge is -2.22. The highest BCUT2D eigenvalue weighted by molar-refractivity contribution is 6.35. The molecule has 0 saturated heterocycles. The van der Waals surface area contributed by atoms with Crippen LogP contribution in [0, 0.1) is 42.0 Å². The first-order valence-corrected chi connectivity index (χ1v) is 10.1. The molecule has 3 rings (SSSR count). The first kappa shape index (κ1) is 22.3. The van der Waals surface area contributed by atoms with Gasteiger partial charge in [0.1, 0.15) is 12.1 Å². The zero-order valence-corrected chi connectivity index (χ0v) is 18.6. The van der Waals surface area contributed by atoms with Gasteiger partial charge in [-0.05, 0) is 36.6 Å². The van der Waals surface area contributed by atoms with Crippen LogP contribution in [0.15, 0.2) is 30.5 Å². The predicted octanol–water partition coefficient (Wildman–Crippen LogP) is 5.85. The summed E-state index contributed by atoms with van der Waals surface area (Å²) in [7, 11) is 0. The summed E-state index contributed by atoms with van der Waals surface area (Å²) in [6.07, 6.45) is 7.26. The molecule has 0 bridgehead atoms. The second-order valence-electron chi connectivity index (χ2n) is 8.48. The van der Waals surface area contributed by atoms with Crippen molar-refractivity contribution in [1.82, 2.24) is 9.97 Å². The van der Waals surface area contributed by atoms with Crippen LogP contribution in [-0.2, 0) is 0 Å². The summed E-state index contributed by atoms with van der Waals surface area (Å²) in [6.45, 7) is 8.67. The van der Waals surface area contributed by atoms with E-state index in [1.165, 1.54) is 12.3 Å². The van der Waals surface area contributed by atoms with Crippen molar-refractivity contribution in [3.63, 3.8) is 0 Å². The van der Waals surface area contributed by atoms with Crippen molar-refractivity contribution in [2.45, 2.75) is 33.7 Å². The van der Waals surface area contributed by atoms with Crippen LogP contribution in [0.5, 0.6) is 0 Å². The van der Waals surface area contributed by atoms with E-state index in [1.54, 1.807) is 19.1 Å². The lowest BCUT2D eigenvalue weighted by atomic mass is 9.96. The minimum absolute atomic E-state index is 0.00362. The maximum Gasteiger partial charge on any atom is 0.213 e. The van der Waals surface area contributed by atoms with E-state index < -0.39 is 12.0 Å². The predicted molar refractivity (Wildman–Crippen MR) is 124 cm³/mol. The van der Waals surface area contributed by atoms with E-state index in [-0.39, 0.29) is 5.41 Å². The molecule has 5 nitrogen and oxygen atoms in total. The topological polar surface area (TPSA) is 73.6 Å². The summed E-state index contributed by atoms with van der Waals surface area (Å²) in [5.41, 5.74) is 3.53. The summed E-state index contributed by atoms with van der Waals surface area (Å²) in [5.74, 6) is 2.12. The molecule has 1 aromatic carbocycles. The smallest absolute Gasteiger partial charge is 0.213 e. The molecular weight excluding hydrogens is 413 g/mol. The van der Waals surface area contributed by atoms with Gasteiger partial charge in [-0.25, -0.2) is 4.98 Å². The summed E-state index contributed by atoms with van der Waals surface area (Å²) < 4.78 is 13.4. The lowest BCUT2D eigenvalue weighted by Crippen LogP contribution is -2.19. The van der Waals surface area contributed by atoms with Gasteiger partial charge in [-0.2, -0.15) is 9.65 Å². The average Bonchev–Trinajstić information content (AvgIpc) is 2.70. The van der Waals surface area contributed by atoms with Crippen LogP contribution in [0.4, 0.5) is 15.8 Å². The van der Waals surface area contributed by atoms with E-state index in [0.717, 1.165) is 0 Å². The van der Waals surface area contributed by atoms with Gasteiger partial charge in [-0.15, -0.1) is 6.42 Å². The first-order valence-electron chi connectivity index (χ1n) is 9.75. The minimum Gasteiger partial charge on any atom is -0.383 e. The van der Waals surface area contributed by atoms with Crippen molar-refractivity contribution in [2.24, 2.45) is 5.41 Å². The zero-order valence-electron chi connectivity index (χ0n) is 17.8. The van der Waals surface area contributed by atoms with Crippen LogP contribution in [0.2, 0.25) is 5.02 Å². The van der Waals surface area contributed by atoms with Crippen molar-refractivity contribution in [2.75, 3.05) is 17.2 Å². The summed E-state index contributed by atoms with van der Waals surface area (Å²) in [4.78, 5) is 8.22. The number of aryl methyl sites for hydroxylation is 1. The van der Waals surface area contributed by atoms with E-state index in [0.29, 0.717) is 50.7 Å². The molecule has 0 saturated carbocycles. The van der Waals surface area contributed by atoms with Gasteiger partial charge in [0.25, 0.3) is 0 Å². The van der Waals surface area contributed by atoms with Gasteiger partial charge in [0.2, 0.25) is 5.95 Å². The number of anilines is 2. The van der Waals surface area contributed by atoms with Crippen LogP contribution >= 0.6 is 11.6 Å². The van der Waals surface area contributed by atoms with Crippen LogP contribution in [0.1, 0.15) is 43.6 Å². The summed E-state index contributed by atoms with van der Waals surface area (Å²) in [5, 5.41) is 17.4. The maximum absolute atomic E-state index is 13.4. The monoisotopic (exact) mass is 435 g/mol. The fraction of sp³-hybridized carbons (Fsp3) is 0.292. The van der Waals surface area contributed by atoms with Gasteiger partial charge in [0, 0.05) is 35.1 Å². The normalized spacial score (nSPS) is 12.1. The van der Waals surface area contributed by atoms with Gasteiger partial charge in [-0.1, -0.05) is 38.3 Å². The van der Waals surface area contributed by atoms with Crippen molar-refractivity contribution in [3.05, 3.63) is 58.3 Å². The van der Waals surface area contributed by atoms with Crippen molar-refractivity contribution >= 4 is 33.9 Å². The molecule has 0 aliphatic rings. The number of halogens is 2. The Kier molecular flexibility index (Phi) is 6.34. The molecule has 31 heavy (non-hydrogen) atoms. The number of benzene rings is 1. The van der Waals surface area contributed by atoms with E-state index in [2.05, 4.69) is 53.4 Å². The Labute approximate surface area is 186 Å². The number of nitrogens with one attached hydrogen (secondary N) is 2. The van der Waals surface area contributed by atoms with Crippen LogP contribution < -0.4 is 10.6 Å².